The number of benzene rings is 3. The quantitative estimate of drug-likeness (QED) is 0.235. The Kier molecular flexibility index (Phi) is 6.07. The average Bonchev–Trinajstić information content (AvgIpc) is 3.31. The Bertz CT molecular complexity index is 1180. The molecule has 0 bridgehead atoms. The Hall–Kier alpha value is -4.26. The van der Waals surface area contributed by atoms with E-state index in [-0.39, 0.29) is 18.3 Å². The summed E-state index contributed by atoms with van der Waals surface area (Å²) in [5.74, 6) is 1.67. The molecule has 1 aliphatic heterocycles. The van der Waals surface area contributed by atoms with Crippen molar-refractivity contribution in [1.29, 1.82) is 0 Å². The lowest BCUT2D eigenvalue weighted by Crippen LogP contribution is -2.09. The van der Waals surface area contributed by atoms with E-state index in [1.54, 1.807) is 73.8 Å². The summed E-state index contributed by atoms with van der Waals surface area (Å²) in [7, 11) is 3.05. The van der Waals surface area contributed by atoms with Crippen LogP contribution in [0.15, 0.2) is 66.7 Å². The maximum atomic E-state index is 12.5. The third-order valence-corrected chi connectivity index (χ3v) is 4.80. The Labute approximate surface area is 184 Å². The van der Waals surface area contributed by atoms with Crippen LogP contribution in [0.2, 0.25) is 0 Å². The van der Waals surface area contributed by atoms with Crippen LogP contribution in [-0.2, 0) is 0 Å². The maximum Gasteiger partial charge on any atom is 0.343 e. The predicted octanol–water partition coefficient (Wildman–Crippen LogP) is 4.55. The number of esters is 1. The van der Waals surface area contributed by atoms with Crippen molar-refractivity contribution in [3.63, 3.8) is 0 Å². The van der Waals surface area contributed by atoms with E-state index < -0.39 is 5.97 Å². The highest BCUT2D eigenvalue weighted by molar-refractivity contribution is 6.06. The second-order valence-corrected chi connectivity index (χ2v) is 6.79. The van der Waals surface area contributed by atoms with Crippen LogP contribution in [0.25, 0.3) is 6.08 Å². The molecule has 4 rings (SSSR count). The third kappa shape index (κ3) is 4.57. The molecule has 0 unspecified atom stereocenters. The Morgan fingerprint density at radius 3 is 2.31 bits per heavy atom. The van der Waals surface area contributed by atoms with Crippen LogP contribution in [0.4, 0.5) is 0 Å². The fourth-order valence-corrected chi connectivity index (χ4v) is 3.08. The molecule has 0 atom stereocenters. The van der Waals surface area contributed by atoms with Crippen LogP contribution in [0.3, 0.4) is 0 Å². The van der Waals surface area contributed by atoms with Gasteiger partial charge in [0.1, 0.15) is 5.75 Å². The van der Waals surface area contributed by atoms with E-state index in [2.05, 4.69) is 0 Å². The first kappa shape index (κ1) is 21.0. The summed E-state index contributed by atoms with van der Waals surface area (Å²) in [5.41, 5.74) is 1.58. The molecule has 0 amide bonds. The standard InChI is InChI=1S/C25H20O7/c1-28-19-8-5-17(6-9-19)20(26)10-3-16-4-11-22(23(13-16)29-2)32-25(27)18-7-12-21-24(14-18)31-15-30-21/h3-14H,15H2,1-2H3/b10-3+. The minimum atomic E-state index is -0.556. The number of rotatable bonds is 7. The van der Waals surface area contributed by atoms with Gasteiger partial charge in [-0.05, 0) is 66.2 Å². The van der Waals surface area contributed by atoms with Gasteiger partial charge in [-0.2, -0.15) is 0 Å². The lowest BCUT2D eigenvalue weighted by atomic mass is 10.1. The van der Waals surface area contributed by atoms with Gasteiger partial charge in [0.25, 0.3) is 0 Å². The Morgan fingerprint density at radius 2 is 1.56 bits per heavy atom. The van der Waals surface area contributed by atoms with Crippen LogP contribution >= 0.6 is 0 Å². The van der Waals surface area contributed by atoms with Crippen molar-refractivity contribution in [2.75, 3.05) is 21.0 Å². The predicted molar refractivity (Wildman–Crippen MR) is 117 cm³/mol. The molecule has 3 aromatic carbocycles. The first-order valence-electron chi connectivity index (χ1n) is 9.73. The maximum absolute atomic E-state index is 12.5. The number of methoxy groups -OCH3 is 2. The van der Waals surface area contributed by atoms with E-state index in [1.807, 2.05) is 0 Å². The fourth-order valence-electron chi connectivity index (χ4n) is 3.08. The molecule has 1 heterocycles. The van der Waals surface area contributed by atoms with E-state index in [4.69, 9.17) is 23.7 Å². The number of ether oxygens (including phenoxy) is 5. The summed E-state index contributed by atoms with van der Waals surface area (Å²) in [6.07, 6.45) is 3.13. The third-order valence-electron chi connectivity index (χ3n) is 4.80. The second-order valence-electron chi connectivity index (χ2n) is 6.79. The van der Waals surface area contributed by atoms with Gasteiger partial charge in [-0.25, -0.2) is 4.79 Å². The molecule has 7 heteroatoms. The number of carbonyl (C=O) groups is 2. The van der Waals surface area contributed by atoms with Crippen molar-refractivity contribution in [1.82, 2.24) is 0 Å². The molecule has 0 radical (unpaired) electrons. The van der Waals surface area contributed by atoms with Gasteiger partial charge >= 0.3 is 5.97 Å². The molecule has 1 aliphatic rings. The van der Waals surface area contributed by atoms with E-state index in [0.29, 0.717) is 39.7 Å². The zero-order valence-corrected chi connectivity index (χ0v) is 17.5. The summed E-state index contributed by atoms with van der Waals surface area (Å²) in [4.78, 5) is 24.9. The second kappa shape index (κ2) is 9.26. The Morgan fingerprint density at radius 1 is 0.812 bits per heavy atom. The first-order valence-corrected chi connectivity index (χ1v) is 9.73. The van der Waals surface area contributed by atoms with Gasteiger partial charge in [-0.15, -0.1) is 0 Å². The lowest BCUT2D eigenvalue weighted by molar-refractivity contribution is 0.0729. The van der Waals surface area contributed by atoms with E-state index >= 15 is 0 Å². The molecular weight excluding hydrogens is 412 g/mol. The summed E-state index contributed by atoms with van der Waals surface area (Å²) in [6.45, 7) is 0.123. The minimum absolute atomic E-state index is 0.123. The number of hydrogen-bond acceptors (Lipinski definition) is 7. The van der Waals surface area contributed by atoms with E-state index in [0.717, 1.165) is 0 Å². The van der Waals surface area contributed by atoms with Gasteiger partial charge in [-0.3, -0.25) is 4.79 Å². The van der Waals surface area contributed by atoms with E-state index in [9.17, 15) is 9.59 Å². The highest BCUT2D eigenvalue weighted by atomic mass is 16.7. The lowest BCUT2D eigenvalue weighted by Gasteiger charge is -2.10. The summed E-state index contributed by atoms with van der Waals surface area (Å²) in [5, 5.41) is 0. The van der Waals surface area contributed by atoms with Gasteiger partial charge in [0.05, 0.1) is 19.8 Å². The SMILES string of the molecule is COc1ccc(C(=O)/C=C/c2ccc(OC(=O)c3ccc4c(c3)OCO4)c(OC)c2)cc1. The highest BCUT2D eigenvalue weighted by Gasteiger charge is 2.18. The van der Waals surface area contributed by atoms with Crippen molar-refractivity contribution < 1.29 is 33.3 Å². The molecule has 0 fully saturated rings. The summed E-state index contributed by atoms with van der Waals surface area (Å²) in [6, 6.07) is 16.7. The molecule has 3 aromatic rings. The number of fused-ring (bicyclic) bond motifs is 1. The van der Waals surface area contributed by atoms with Crippen LogP contribution in [0.5, 0.6) is 28.7 Å². The van der Waals surface area contributed by atoms with Crippen molar-refractivity contribution in [3.05, 3.63) is 83.4 Å². The van der Waals surface area contributed by atoms with E-state index in [1.165, 1.54) is 13.2 Å². The van der Waals surface area contributed by atoms with Gasteiger partial charge in [-0.1, -0.05) is 12.1 Å². The number of ketones is 1. The molecule has 0 spiro atoms. The van der Waals surface area contributed by atoms with Crippen molar-refractivity contribution >= 4 is 17.8 Å². The Balaban J connectivity index is 1.46. The number of allylic oxidation sites excluding steroid dienone is 1. The van der Waals surface area contributed by atoms with Crippen LogP contribution in [-0.4, -0.2) is 32.8 Å². The average molecular weight is 432 g/mol. The van der Waals surface area contributed by atoms with Crippen LogP contribution in [0, 0.1) is 0 Å². The van der Waals surface area contributed by atoms with Gasteiger partial charge in [0.15, 0.2) is 28.8 Å². The van der Waals surface area contributed by atoms with Gasteiger partial charge in [0.2, 0.25) is 6.79 Å². The van der Waals surface area contributed by atoms with Crippen LogP contribution < -0.4 is 23.7 Å². The number of hydrogen-bond donors (Lipinski definition) is 0. The normalized spacial score (nSPS) is 11.9. The molecular formula is C25H20O7. The molecule has 0 saturated heterocycles. The summed E-state index contributed by atoms with van der Waals surface area (Å²) >= 11 is 0. The smallest absolute Gasteiger partial charge is 0.343 e. The minimum Gasteiger partial charge on any atom is -0.497 e. The summed E-state index contributed by atoms with van der Waals surface area (Å²) < 4.78 is 26.5. The molecule has 0 N–H and O–H groups in total. The molecule has 162 valence electrons. The zero-order valence-electron chi connectivity index (χ0n) is 17.5. The van der Waals surface area contributed by atoms with Crippen LogP contribution in [0.1, 0.15) is 26.3 Å². The van der Waals surface area contributed by atoms with Crippen molar-refractivity contribution in [2.24, 2.45) is 0 Å². The highest BCUT2D eigenvalue weighted by Crippen LogP contribution is 2.34. The van der Waals surface area contributed by atoms with Crippen molar-refractivity contribution in [2.45, 2.75) is 0 Å². The zero-order chi connectivity index (χ0) is 22.5. The molecule has 0 saturated carbocycles. The largest absolute Gasteiger partial charge is 0.497 e. The molecule has 7 nitrogen and oxygen atoms in total. The molecule has 0 aliphatic carbocycles. The van der Waals surface area contributed by atoms with Gasteiger partial charge < -0.3 is 23.7 Å². The topological polar surface area (TPSA) is 80.3 Å². The van der Waals surface area contributed by atoms with Crippen molar-refractivity contribution in [3.8, 4) is 28.7 Å². The monoisotopic (exact) mass is 432 g/mol. The fraction of sp³-hybridized carbons (Fsp3) is 0.120. The number of carbonyl (C=O) groups excluding carboxylic acids is 2. The first-order chi connectivity index (χ1) is 15.6. The molecule has 0 aromatic heterocycles. The van der Waals surface area contributed by atoms with Gasteiger partial charge in [0, 0.05) is 5.56 Å². The molecule has 32 heavy (non-hydrogen) atoms.